The van der Waals surface area contributed by atoms with Gasteiger partial charge in [0, 0.05) is 35.3 Å². The molecule has 1 aliphatic heterocycles. The Hall–Kier alpha value is -2.37. The predicted octanol–water partition coefficient (Wildman–Crippen LogP) is 5.84. The number of anilines is 1. The van der Waals surface area contributed by atoms with E-state index in [2.05, 4.69) is 5.32 Å². The van der Waals surface area contributed by atoms with Gasteiger partial charge in [0.1, 0.15) is 0 Å². The van der Waals surface area contributed by atoms with Gasteiger partial charge >= 0.3 is 0 Å². The van der Waals surface area contributed by atoms with E-state index in [4.69, 9.17) is 4.18 Å². The summed E-state index contributed by atoms with van der Waals surface area (Å²) in [7, 11) is 0. The molecule has 0 atom stereocenters. The molecule has 4 rings (SSSR count). The third kappa shape index (κ3) is 4.46. The molecule has 1 heterocycles. The van der Waals surface area contributed by atoms with Crippen molar-refractivity contribution in [2.75, 3.05) is 5.32 Å². The lowest BCUT2D eigenvalue weighted by atomic mass is 9.79. The lowest BCUT2D eigenvalue weighted by molar-refractivity contribution is -0.113. The topological polar surface area (TPSA) is 55.4 Å². The summed E-state index contributed by atoms with van der Waals surface area (Å²) < 4.78 is 6.17. The van der Waals surface area contributed by atoms with Gasteiger partial charge in [0.2, 0.25) is 5.78 Å². The Morgan fingerprint density at radius 1 is 0.966 bits per heavy atom. The van der Waals surface area contributed by atoms with Crippen molar-refractivity contribution >= 4 is 29.4 Å². The number of nitrogens with one attached hydrogen (secondary N) is 1. The highest BCUT2D eigenvalue weighted by molar-refractivity contribution is 7.99. The first-order valence-electron chi connectivity index (χ1n) is 10.1. The van der Waals surface area contributed by atoms with E-state index in [0.717, 1.165) is 49.0 Å². The summed E-state index contributed by atoms with van der Waals surface area (Å²) in [5.41, 5.74) is 2.62. The standard InChI is InChI=1S/C24H25NO3S/c1-17-10-12-19(13-11-17)25-23(27)20-16-24(14-6-3-7-15-24)28-29-22(20)21(26)18-8-4-2-5-9-18/h2,4-5,8-13H,3,6-7,14-16H2,1H3,(H,25,27). The molecule has 2 aliphatic rings. The van der Waals surface area contributed by atoms with E-state index in [1.807, 2.05) is 49.4 Å². The quantitative estimate of drug-likeness (QED) is 0.511. The molecule has 0 bridgehead atoms. The van der Waals surface area contributed by atoms with Gasteiger partial charge in [-0.05, 0) is 31.9 Å². The van der Waals surface area contributed by atoms with Crippen LogP contribution in [0.5, 0.6) is 0 Å². The SMILES string of the molecule is Cc1ccc(NC(=O)C2=C(C(=O)c3ccccc3)SOC3(CCCCC3)C2)cc1. The number of allylic oxidation sites excluding steroid dienone is 1. The Balaban J connectivity index is 1.67. The number of hydrogen-bond donors (Lipinski definition) is 1. The molecule has 150 valence electrons. The lowest BCUT2D eigenvalue weighted by Gasteiger charge is -2.40. The molecule has 0 aromatic heterocycles. The summed E-state index contributed by atoms with van der Waals surface area (Å²) in [5, 5.41) is 2.98. The average Bonchev–Trinajstić information content (AvgIpc) is 2.76. The number of carbonyl (C=O) groups excluding carboxylic acids is 2. The van der Waals surface area contributed by atoms with E-state index in [1.54, 1.807) is 12.1 Å². The minimum Gasteiger partial charge on any atom is -0.322 e. The molecule has 0 radical (unpaired) electrons. The van der Waals surface area contributed by atoms with Crippen LogP contribution < -0.4 is 5.32 Å². The molecule has 29 heavy (non-hydrogen) atoms. The van der Waals surface area contributed by atoms with Crippen LogP contribution in [0.2, 0.25) is 0 Å². The van der Waals surface area contributed by atoms with Crippen molar-refractivity contribution in [1.82, 2.24) is 0 Å². The van der Waals surface area contributed by atoms with Gasteiger partial charge in [-0.2, -0.15) is 0 Å². The number of hydrogen-bond acceptors (Lipinski definition) is 4. The number of ketones is 1. The van der Waals surface area contributed by atoms with Crippen LogP contribution in [0.1, 0.15) is 54.4 Å². The van der Waals surface area contributed by atoms with E-state index in [0.29, 0.717) is 22.5 Å². The van der Waals surface area contributed by atoms with Crippen LogP contribution in [0.25, 0.3) is 0 Å². The first-order valence-corrected chi connectivity index (χ1v) is 10.9. The largest absolute Gasteiger partial charge is 0.322 e. The van der Waals surface area contributed by atoms with Gasteiger partial charge in [0.05, 0.1) is 10.5 Å². The second-order valence-electron chi connectivity index (χ2n) is 7.91. The minimum atomic E-state index is -0.344. The van der Waals surface area contributed by atoms with Crippen LogP contribution >= 0.6 is 12.0 Å². The predicted molar refractivity (Wildman–Crippen MR) is 117 cm³/mol. The molecule has 2 aromatic carbocycles. The van der Waals surface area contributed by atoms with Gasteiger partial charge in [-0.1, -0.05) is 67.3 Å². The smallest absolute Gasteiger partial charge is 0.253 e. The molecule has 2 aromatic rings. The van der Waals surface area contributed by atoms with Crippen molar-refractivity contribution in [3.05, 3.63) is 76.2 Å². The molecule has 0 unspecified atom stereocenters. The van der Waals surface area contributed by atoms with E-state index in [-0.39, 0.29) is 17.3 Å². The van der Waals surface area contributed by atoms with Crippen LogP contribution in [-0.4, -0.2) is 17.3 Å². The Morgan fingerprint density at radius 2 is 1.66 bits per heavy atom. The summed E-state index contributed by atoms with van der Waals surface area (Å²) in [6, 6.07) is 16.8. The van der Waals surface area contributed by atoms with Crippen LogP contribution in [0.4, 0.5) is 5.69 Å². The van der Waals surface area contributed by atoms with E-state index in [1.165, 1.54) is 6.42 Å². The van der Waals surface area contributed by atoms with Crippen molar-refractivity contribution in [1.29, 1.82) is 0 Å². The maximum absolute atomic E-state index is 13.2. The maximum Gasteiger partial charge on any atom is 0.253 e. The fraction of sp³-hybridized carbons (Fsp3) is 0.333. The minimum absolute atomic E-state index is 0.157. The molecular weight excluding hydrogens is 382 g/mol. The Morgan fingerprint density at radius 3 is 2.34 bits per heavy atom. The van der Waals surface area contributed by atoms with Gasteiger partial charge in [0.15, 0.2) is 0 Å². The van der Waals surface area contributed by atoms with Crippen LogP contribution in [0.3, 0.4) is 0 Å². The van der Waals surface area contributed by atoms with Crippen molar-refractivity contribution < 1.29 is 13.8 Å². The third-order valence-electron chi connectivity index (χ3n) is 5.67. The first-order chi connectivity index (χ1) is 14.1. The summed E-state index contributed by atoms with van der Waals surface area (Å²) in [6.45, 7) is 2.01. The number of aryl methyl sites for hydroxylation is 1. The Kier molecular flexibility index (Phi) is 5.88. The molecule has 1 amide bonds. The third-order valence-corrected chi connectivity index (χ3v) is 6.70. The summed E-state index contributed by atoms with van der Waals surface area (Å²) in [5.74, 6) is -0.371. The summed E-state index contributed by atoms with van der Waals surface area (Å²) in [6.07, 6.45) is 5.71. The van der Waals surface area contributed by atoms with Crippen molar-refractivity contribution in [3.8, 4) is 0 Å². The van der Waals surface area contributed by atoms with E-state index in [9.17, 15) is 9.59 Å². The van der Waals surface area contributed by atoms with Gasteiger partial charge in [-0.15, -0.1) is 0 Å². The number of carbonyl (C=O) groups is 2. The van der Waals surface area contributed by atoms with Crippen LogP contribution in [-0.2, 0) is 8.98 Å². The maximum atomic E-state index is 13.2. The van der Waals surface area contributed by atoms with E-state index < -0.39 is 0 Å². The molecule has 1 N–H and O–H groups in total. The normalized spacial score (nSPS) is 18.5. The number of rotatable bonds is 4. The molecular formula is C24H25NO3S. The Labute approximate surface area is 175 Å². The molecule has 1 fully saturated rings. The first kappa shape index (κ1) is 19.9. The van der Waals surface area contributed by atoms with Crippen LogP contribution in [0, 0.1) is 6.92 Å². The second-order valence-corrected chi connectivity index (χ2v) is 8.65. The molecule has 4 nitrogen and oxygen atoms in total. The number of benzene rings is 2. The van der Waals surface area contributed by atoms with Crippen molar-refractivity contribution in [2.24, 2.45) is 0 Å². The number of amides is 1. The fourth-order valence-electron chi connectivity index (χ4n) is 3.99. The lowest BCUT2D eigenvalue weighted by Crippen LogP contribution is -2.38. The summed E-state index contributed by atoms with van der Waals surface area (Å²) in [4.78, 5) is 26.8. The average molecular weight is 408 g/mol. The second kappa shape index (κ2) is 8.56. The monoisotopic (exact) mass is 407 g/mol. The molecule has 0 saturated heterocycles. The zero-order chi connectivity index (χ0) is 20.3. The highest BCUT2D eigenvalue weighted by Gasteiger charge is 2.42. The van der Waals surface area contributed by atoms with Gasteiger partial charge in [-0.3, -0.25) is 9.59 Å². The van der Waals surface area contributed by atoms with E-state index >= 15 is 0 Å². The summed E-state index contributed by atoms with van der Waals surface area (Å²) >= 11 is 1.09. The Bertz CT molecular complexity index is 928. The van der Waals surface area contributed by atoms with Crippen LogP contribution in [0.15, 0.2) is 65.1 Å². The molecule has 5 heteroatoms. The van der Waals surface area contributed by atoms with Gasteiger partial charge in [0.25, 0.3) is 5.91 Å². The number of Topliss-reactive ketones (excluding diaryl/α,β-unsaturated/α-hetero) is 1. The van der Waals surface area contributed by atoms with Gasteiger partial charge < -0.3 is 9.50 Å². The highest BCUT2D eigenvalue weighted by Crippen LogP contribution is 2.47. The molecule has 1 spiro atoms. The van der Waals surface area contributed by atoms with Gasteiger partial charge in [-0.25, -0.2) is 0 Å². The molecule has 1 aliphatic carbocycles. The fourth-order valence-corrected chi connectivity index (χ4v) is 4.94. The van der Waals surface area contributed by atoms with Crippen molar-refractivity contribution in [3.63, 3.8) is 0 Å². The zero-order valence-corrected chi connectivity index (χ0v) is 17.4. The zero-order valence-electron chi connectivity index (χ0n) is 16.6. The van der Waals surface area contributed by atoms with Crippen molar-refractivity contribution in [2.45, 2.75) is 51.0 Å². The highest BCUT2D eigenvalue weighted by atomic mass is 32.2. The molecule has 1 saturated carbocycles.